The highest BCUT2D eigenvalue weighted by Gasteiger charge is 2.14. The summed E-state index contributed by atoms with van der Waals surface area (Å²) in [5.41, 5.74) is 5.64. The van der Waals surface area contributed by atoms with Crippen LogP contribution in [-0.2, 0) is 4.79 Å². The van der Waals surface area contributed by atoms with Crippen molar-refractivity contribution < 1.29 is 4.79 Å². The van der Waals surface area contributed by atoms with Gasteiger partial charge in [-0.1, -0.05) is 11.8 Å². The minimum absolute atomic E-state index is 0.148. The highest BCUT2D eigenvalue weighted by molar-refractivity contribution is 8.00. The summed E-state index contributed by atoms with van der Waals surface area (Å²) in [6.45, 7) is 0.654. The van der Waals surface area contributed by atoms with Gasteiger partial charge in [0.1, 0.15) is 5.03 Å². The second kappa shape index (κ2) is 8.73. The molecule has 0 atom stereocenters. The summed E-state index contributed by atoms with van der Waals surface area (Å²) in [6.07, 6.45) is 3.48. The third-order valence-electron chi connectivity index (χ3n) is 2.36. The van der Waals surface area contributed by atoms with Crippen LogP contribution in [0.4, 0.5) is 5.82 Å². The minimum atomic E-state index is -0.148. The zero-order valence-corrected chi connectivity index (χ0v) is 11.6. The number of anilines is 1. The summed E-state index contributed by atoms with van der Waals surface area (Å²) in [7, 11) is 0. The molecular weight excluding hydrogens is 276 g/mol. The Balaban J connectivity index is 2.55. The summed E-state index contributed by atoms with van der Waals surface area (Å²) in [5.74, 6) is 0.288. The lowest BCUT2D eigenvalue weighted by Gasteiger charge is -2.20. The van der Waals surface area contributed by atoms with Gasteiger partial charge in [-0.25, -0.2) is 9.97 Å². The van der Waals surface area contributed by atoms with Crippen LogP contribution in [0.5, 0.6) is 0 Å². The Hall–Kier alpha value is -2.32. The van der Waals surface area contributed by atoms with Gasteiger partial charge in [0.05, 0.1) is 30.7 Å². The lowest BCUT2D eigenvalue weighted by molar-refractivity contribution is -0.128. The van der Waals surface area contributed by atoms with Gasteiger partial charge in [0.15, 0.2) is 5.82 Å². The molecule has 1 amide bonds. The summed E-state index contributed by atoms with van der Waals surface area (Å²) in [5, 5.41) is 17.6. The molecular formula is C12H14N6OS. The number of carbonyl (C=O) groups excluding carboxylic acids is 1. The number of carbonyl (C=O) groups is 1. The average molecular weight is 290 g/mol. The van der Waals surface area contributed by atoms with Crippen LogP contribution in [0.1, 0.15) is 12.8 Å². The maximum absolute atomic E-state index is 12.0. The fraction of sp³-hybridized carbons (Fsp3) is 0.417. The van der Waals surface area contributed by atoms with Gasteiger partial charge in [-0.3, -0.25) is 4.79 Å². The van der Waals surface area contributed by atoms with Gasteiger partial charge in [-0.15, -0.1) is 0 Å². The topological polar surface area (TPSA) is 120 Å². The highest BCUT2D eigenvalue weighted by Crippen LogP contribution is 2.20. The van der Waals surface area contributed by atoms with Gasteiger partial charge in [0.2, 0.25) is 5.91 Å². The molecule has 1 heterocycles. The van der Waals surface area contributed by atoms with Crippen LogP contribution in [0.3, 0.4) is 0 Å². The predicted molar refractivity (Wildman–Crippen MR) is 74.2 cm³/mol. The summed E-state index contributed by atoms with van der Waals surface area (Å²) in [4.78, 5) is 21.5. The number of nitriles is 2. The Kier molecular flexibility index (Phi) is 6.87. The Morgan fingerprint density at radius 3 is 2.40 bits per heavy atom. The van der Waals surface area contributed by atoms with Crippen molar-refractivity contribution in [3.8, 4) is 12.1 Å². The van der Waals surface area contributed by atoms with Crippen molar-refractivity contribution in [1.82, 2.24) is 14.9 Å². The molecule has 104 valence electrons. The third kappa shape index (κ3) is 5.12. The molecule has 0 aliphatic heterocycles. The first-order valence-electron chi connectivity index (χ1n) is 5.90. The highest BCUT2D eigenvalue weighted by atomic mass is 32.2. The normalized spacial score (nSPS) is 9.50. The van der Waals surface area contributed by atoms with E-state index in [9.17, 15) is 4.79 Å². The Morgan fingerprint density at radius 1 is 1.25 bits per heavy atom. The number of thioether (sulfide) groups is 1. The number of aromatic nitrogens is 2. The van der Waals surface area contributed by atoms with Crippen molar-refractivity contribution >= 4 is 23.5 Å². The number of hydrogen-bond acceptors (Lipinski definition) is 7. The van der Waals surface area contributed by atoms with Gasteiger partial charge in [-0.05, 0) is 0 Å². The van der Waals surface area contributed by atoms with Gasteiger partial charge < -0.3 is 10.6 Å². The van der Waals surface area contributed by atoms with Gasteiger partial charge >= 0.3 is 0 Å². The molecule has 0 aromatic carbocycles. The SMILES string of the molecule is N#CCCN(CCC#N)C(=O)CSc1nccnc1N. The molecule has 0 spiro atoms. The molecule has 1 aromatic rings. The van der Waals surface area contributed by atoms with Crippen LogP contribution in [0, 0.1) is 22.7 Å². The molecule has 0 saturated carbocycles. The summed E-state index contributed by atoms with van der Waals surface area (Å²) < 4.78 is 0. The van der Waals surface area contributed by atoms with Crippen molar-refractivity contribution in [1.29, 1.82) is 10.5 Å². The molecule has 7 nitrogen and oxygen atoms in total. The fourth-order valence-electron chi connectivity index (χ4n) is 1.40. The number of rotatable bonds is 7. The summed E-state index contributed by atoms with van der Waals surface area (Å²) in [6, 6.07) is 3.97. The van der Waals surface area contributed by atoms with E-state index in [1.807, 2.05) is 12.1 Å². The van der Waals surface area contributed by atoms with E-state index in [-0.39, 0.29) is 30.3 Å². The first kappa shape index (κ1) is 15.7. The van der Waals surface area contributed by atoms with Crippen LogP contribution in [0.15, 0.2) is 17.4 Å². The lowest BCUT2D eigenvalue weighted by Crippen LogP contribution is -2.34. The van der Waals surface area contributed by atoms with Crippen molar-refractivity contribution in [3.63, 3.8) is 0 Å². The van der Waals surface area contributed by atoms with Crippen LogP contribution >= 0.6 is 11.8 Å². The van der Waals surface area contributed by atoms with Gasteiger partial charge in [0.25, 0.3) is 0 Å². The maximum atomic E-state index is 12.0. The number of amides is 1. The van der Waals surface area contributed by atoms with Crippen LogP contribution in [0.25, 0.3) is 0 Å². The fourth-order valence-corrected chi connectivity index (χ4v) is 2.18. The van der Waals surface area contributed by atoms with Gasteiger partial charge in [-0.2, -0.15) is 10.5 Å². The number of nitrogen functional groups attached to an aromatic ring is 1. The zero-order chi connectivity index (χ0) is 14.8. The minimum Gasteiger partial charge on any atom is -0.381 e. The molecule has 20 heavy (non-hydrogen) atoms. The molecule has 0 saturated heterocycles. The Labute approximate surface area is 121 Å². The molecule has 0 aliphatic carbocycles. The second-order valence-electron chi connectivity index (χ2n) is 3.73. The molecule has 0 fully saturated rings. The zero-order valence-electron chi connectivity index (χ0n) is 10.8. The van der Waals surface area contributed by atoms with Crippen LogP contribution < -0.4 is 5.73 Å². The van der Waals surface area contributed by atoms with E-state index in [1.54, 1.807) is 0 Å². The average Bonchev–Trinajstić information content (AvgIpc) is 2.46. The predicted octanol–water partition coefficient (Wildman–Crippen LogP) is 0.807. The monoisotopic (exact) mass is 290 g/mol. The van der Waals surface area contributed by atoms with E-state index < -0.39 is 0 Å². The Bertz CT molecular complexity index is 517. The number of nitrogens with zero attached hydrogens (tertiary/aromatic N) is 5. The molecule has 2 N–H and O–H groups in total. The van der Waals surface area contributed by atoms with E-state index in [2.05, 4.69) is 9.97 Å². The van der Waals surface area contributed by atoms with Gasteiger partial charge in [0, 0.05) is 25.5 Å². The number of hydrogen-bond donors (Lipinski definition) is 1. The quantitative estimate of drug-likeness (QED) is 0.737. The molecule has 1 aromatic heterocycles. The first-order valence-corrected chi connectivity index (χ1v) is 6.88. The van der Waals surface area contributed by atoms with Crippen molar-refractivity contribution in [3.05, 3.63) is 12.4 Å². The molecule has 0 bridgehead atoms. The maximum Gasteiger partial charge on any atom is 0.233 e. The number of nitrogens with two attached hydrogens (primary N) is 1. The van der Waals surface area contributed by atoms with E-state index >= 15 is 0 Å². The lowest BCUT2D eigenvalue weighted by atomic mass is 10.3. The third-order valence-corrected chi connectivity index (χ3v) is 3.34. The van der Waals surface area contributed by atoms with Crippen molar-refractivity contribution in [2.75, 3.05) is 24.6 Å². The largest absolute Gasteiger partial charge is 0.381 e. The first-order chi connectivity index (χ1) is 9.69. The van der Waals surface area contributed by atoms with Crippen LogP contribution in [0.2, 0.25) is 0 Å². The van der Waals surface area contributed by atoms with E-state index in [4.69, 9.17) is 16.3 Å². The second-order valence-corrected chi connectivity index (χ2v) is 4.70. The molecule has 0 radical (unpaired) electrons. The Morgan fingerprint density at radius 2 is 1.85 bits per heavy atom. The van der Waals surface area contributed by atoms with Crippen molar-refractivity contribution in [2.24, 2.45) is 0 Å². The van der Waals surface area contributed by atoms with Crippen molar-refractivity contribution in [2.45, 2.75) is 17.9 Å². The molecule has 8 heteroatoms. The van der Waals surface area contributed by atoms with E-state index in [0.29, 0.717) is 18.1 Å². The molecule has 1 rings (SSSR count). The smallest absolute Gasteiger partial charge is 0.233 e. The van der Waals surface area contributed by atoms with Crippen LogP contribution in [-0.4, -0.2) is 39.6 Å². The van der Waals surface area contributed by atoms with E-state index in [0.717, 1.165) is 0 Å². The molecule has 0 aliphatic rings. The molecule has 0 unspecified atom stereocenters. The standard InChI is InChI=1S/C12H14N6OS/c13-3-1-7-18(8-2-4-14)10(19)9-20-12-11(15)16-5-6-17-12/h5-6H,1-2,7-9H2,(H2,15,16). The van der Waals surface area contributed by atoms with E-state index in [1.165, 1.54) is 29.1 Å². The summed E-state index contributed by atoms with van der Waals surface area (Å²) >= 11 is 1.19.